The van der Waals surface area contributed by atoms with E-state index in [2.05, 4.69) is 54.3 Å². The maximum absolute atomic E-state index is 12.9. The van der Waals surface area contributed by atoms with Crippen LogP contribution in [0, 0.1) is 6.92 Å². The van der Waals surface area contributed by atoms with Crippen molar-refractivity contribution < 1.29 is 9.53 Å². The quantitative estimate of drug-likeness (QED) is 0.499. The molecule has 1 saturated heterocycles. The average molecular weight is 418 g/mol. The van der Waals surface area contributed by atoms with E-state index < -0.39 is 0 Å². The van der Waals surface area contributed by atoms with Crippen LogP contribution in [-0.2, 0) is 0 Å². The van der Waals surface area contributed by atoms with Gasteiger partial charge in [-0.25, -0.2) is 0 Å². The van der Waals surface area contributed by atoms with Gasteiger partial charge < -0.3 is 9.64 Å². The molecule has 0 radical (unpaired) electrons. The lowest BCUT2D eigenvalue weighted by Crippen LogP contribution is -2.23. The second-order valence-electron chi connectivity index (χ2n) is 8.37. The van der Waals surface area contributed by atoms with E-state index in [0.29, 0.717) is 12.3 Å². The van der Waals surface area contributed by atoms with E-state index in [0.717, 1.165) is 54.1 Å². The zero-order valence-electron chi connectivity index (χ0n) is 17.4. The zero-order valence-corrected chi connectivity index (χ0v) is 18.2. The number of carbonyl (C=O) groups excluding carboxylic acids is 1. The smallest absolute Gasteiger partial charge is 0.164 e. The number of hydrogen-bond acceptors (Lipinski definition) is 4. The number of thioether (sulfide) groups is 1. The number of ketones is 1. The first kappa shape index (κ1) is 19.7. The lowest BCUT2D eigenvalue weighted by Gasteiger charge is -2.18. The fourth-order valence-electron chi connectivity index (χ4n) is 4.70. The second kappa shape index (κ2) is 8.44. The largest absolute Gasteiger partial charge is 0.492 e. The van der Waals surface area contributed by atoms with Crippen molar-refractivity contribution in [2.45, 2.75) is 30.6 Å². The van der Waals surface area contributed by atoms with Crippen molar-refractivity contribution in [3.8, 4) is 5.75 Å². The highest BCUT2D eigenvalue weighted by Gasteiger charge is 2.25. The summed E-state index contributed by atoms with van der Waals surface area (Å²) in [7, 11) is 0. The third-order valence-corrected chi connectivity index (χ3v) is 7.38. The molecule has 3 aromatic rings. The lowest BCUT2D eigenvalue weighted by atomic mass is 9.94. The Morgan fingerprint density at radius 2 is 2.03 bits per heavy atom. The van der Waals surface area contributed by atoms with E-state index in [4.69, 9.17) is 4.74 Å². The maximum atomic E-state index is 12.9. The highest BCUT2D eigenvalue weighted by molar-refractivity contribution is 7.99. The molecule has 3 nitrogen and oxygen atoms in total. The molecule has 30 heavy (non-hydrogen) atoms. The number of carbonyl (C=O) groups is 1. The number of hydrogen-bond donors (Lipinski definition) is 0. The molecule has 3 aromatic carbocycles. The number of fused-ring (bicyclic) bond motifs is 2. The van der Waals surface area contributed by atoms with Crippen LogP contribution in [0.2, 0.25) is 0 Å². The summed E-state index contributed by atoms with van der Waals surface area (Å²) in [6.45, 7) is 5.93. The Morgan fingerprint density at radius 3 is 2.93 bits per heavy atom. The van der Waals surface area contributed by atoms with Crippen molar-refractivity contribution in [2.75, 3.05) is 32.0 Å². The molecule has 0 N–H and O–H groups in total. The number of ether oxygens (including phenoxy) is 1. The van der Waals surface area contributed by atoms with Crippen LogP contribution in [0.25, 0.3) is 10.8 Å². The highest BCUT2D eigenvalue weighted by Crippen LogP contribution is 2.37. The van der Waals surface area contributed by atoms with Gasteiger partial charge in [0.15, 0.2) is 5.78 Å². The minimum absolute atomic E-state index is 0.234. The van der Waals surface area contributed by atoms with Crippen LogP contribution < -0.4 is 4.74 Å². The minimum Gasteiger partial charge on any atom is -0.492 e. The molecule has 2 aliphatic heterocycles. The Labute approximate surface area is 182 Å². The molecule has 2 aliphatic rings. The van der Waals surface area contributed by atoms with Gasteiger partial charge in [0.05, 0.1) is 11.5 Å². The monoisotopic (exact) mass is 417 g/mol. The van der Waals surface area contributed by atoms with E-state index in [1.54, 1.807) is 0 Å². The number of rotatable bonds is 5. The molecule has 5 rings (SSSR count). The summed E-state index contributed by atoms with van der Waals surface area (Å²) >= 11 is 1.83. The van der Waals surface area contributed by atoms with Gasteiger partial charge in [0.1, 0.15) is 5.75 Å². The Hall–Kier alpha value is -2.30. The van der Waals surface area contributed by atoms with E-state index in [1.807, 2.05) is 23.9 Å². The fraction of sp³-hybridized carbons (Fsp3) is 0.346. The van der Waals surface area contributed by atoms with E-state index in [9.17, 15) is 4.79 Å². The van der Waals surface area contributed by atoms with Crippen molar-refractivity contribution >= 4 is 28.3 Å². The summed E-state index contributed by atoms with van der Waals surface area (Å²) < 4.78 is 5.76. The van der Waals surface area contributed by atoms with Crippen LogP contribution >= 0.6 is 11.8 Å². The van der Waals surface area contributed by atoms with Crippen LogP contribution in [0.15, 0.2) is 59.5 Å². The number of aryl methyl sites for hydroxylation is 1. The van der Waals surface area contributed by atoms with Crippen LogP contribution in [0.3, 0.4) is 0 Å². The van der Waals surface area contributed by atoms with Gasteiger partial charge in [-0.1, -0.05) is 36.4 Å². The number of likely N-dealkylation sites (tertiary alicyclic amines) is 1. The Morgan fingerprint density at radius 1 is 1.13 bits per heavy atom. The Bertz CT molecular complexity index is 1090. The summed E-state index contributed by atoms with van der Waals surface area (Å²) in [4.78, 5) is 16.5. The van der Waals surface area contributed by atoms with Gasteiger partial charge in [-0.3, -0.25) is 4.79 Å². The van der Waals surface area contributed by atoms with Crippen LogP contribution in [0.4, 0.5) is 0 Å². The molecule has 154 valence electrons. The van der Waals surface area contributed by atoms with Crippen molar-refractivity contribution in [1.82, 2.24) is 4.90 Å². The predicted octanol–water partition coefficient (Wildman–Crippen LogP) is 5.70. The summed E-state index contributed by atoms with van der Waals surface area (Å²) in [5.74, 6) is 2.78. The summed E-state index contributed by atoms with van der Waals surface area (Å²) in [6, 6.07) is 19.0. The third kappa shape index (κ3) is 3.99. The van der Waals surface area contributed by atoms with Crippen molar-refractivity contribution in [2.24, 2.45) is 0 Å². The van der Waals surface area contributed by atoms with Gasteiger partial charge in [-0.05, 0) is 65.9 Å². The molecular weight excluding hydrogens is 390 g/mol. The maximum Gasteiger partial charge on any atom is 0.164 e. The first-order valence-electron chi connectivity index (χ1n) is 10.8. The van der Waals surface area contributed by atoms with Gasteiger partial charge in [0, 0.05) is 30.8 Å². The van der Waals surface area contributed by atoms with E-state index in [1.165, 1.54) is 22.4 Å². The summed E-state index contributed by atoms with van der Waals surface area (Å²) in [5.41, 5.74) is 3.66. The van der Waals surface area contributed by atoms with Gasteiger partial charge in [0.2, 0.25) is 0 Å². The van der Waals surface area contributed by atoms with Crippen LogP contribution in [0.5, 0.6) is 5.75 Å². The lowest BCUT2D eigenvalue weighted by molar-refractivity contribution is 0.0969. The molecular formula is C26H27NO2S. The van der Waals surface area contributed by atoms with Crippen molar-refractivity contribution in [3.63, 3.8) is 0 Å². The molecule has 0 spiro atoms. The molecule has 1 atom stereocenters. The Balaban J connectivity index is 1.23. The molecule has 1 fully saturated rings. The average Bonchev–Trinajstić information content (AvgIpc) is 3.24. The van der Waals surface area contributed by atoms with E-state index >= 15 is 0 Å². The van der Waals surface area contributed by atoms with Gasteiger partial charge in [0.25, 0.3) is 0 Å². The molecule has 0 bridgehead atoms. The molecule has 4 heteroatoms. The van der Waals surface area contributed by atoms with Gasteiger partial charge in [-0.15, -0.1) is 11.8 Å². The second-order valence-corrected chi connectivity index (χ2v) is 9.51. The van der Waals surface area contributed by atoms with Gasteiger partial charge in [-0.2, -0.15) is 0 Å². The van der Waals surface area contributed by atoms with Gasteiger partial charge >= 0.3 is 0 Å². The number of Topliss-reactive ketones (excluding diaryl/α,β-unsaturated/α-hetero) is 1. The Kier molecular flexibility index (Phi) is 5.53. The van der Waals surface area contributed by atoms with E-state index in [-0.39, 0.29) is 5.78 Å². The molecule has 0 aromatic heterocycles. The first-order chi connectivity index (χ1) is 14.7. The molecule has 1 unspecified atom stereocenters. The third-order valence-electron chi connectivity index (χ3n) is 6.38. The van der Waals surface area contributed by atoms with Crippen LogP contribution in [0.1, 0.15) is 40.2 Å². The first-order valence-corrected chi connectivity index (χ1v) is 11.8. The normalized spacial score (nSPS) is 18.9. The number of nitrogens with zero attached hydrogens (tertiary/aromatic N) is 1. The summed E-state index contributed by atoms with van der Waals surface area (Å²) in [5, 5.41) is 2.26. The standard InChI is InChI=1S/C26H27NO2S/c1-18-4-2-3-5-23(18)21-8-10-27(17-21)11-9-24(28)20-7-6-19-15-25-26(16-22(19)14-20)30-13-12-29-25/h2-7,14-16,21H,8-13,17H2,1H3. The van der Waals surface area contributed by atoms with Crippen molar-refractivity contribution in [1.29, 1.82) is 0 Å². The molecule has 0 aliphatic carbocycles. The fourth-order valence-corrected chi connectivity index (χ4v) is 5.55. The van der Waals surface area contributed by atoms with Crippen LogP contribution in [-0.4, -0.2) is 42.7 Å². The SMILES string of the molecule is Cc1ccccc1C1CCN(CCC(=O)c2ccc3cc4c(cc3c2)SCCO4)C1. The molecule has 0 amide bonds. The highest BCUT2D eigenvalue weighted by atomic mass is 32.2. The molecule has 0 saturated carbocycles. The number of benzene rings is 3. The topological polar surface area (TPSA) is 29.5 Å². The minimum atomic E-state index is 0.234. The zero-order chi connectivity index (χ0) is 20.5. The summed E-state index contributed by atoms with van der Waals surface area (Å²) in [6.07, 6.45) is 1.76. The molecule has 2 heterocycles. The predicted molar refractivity (Wildman–Crippen MR) is 124 cm³/mol. The van der Waals surface area contributed by atoms with Crippen molar-refractivity contribution in [3.05, 3.63) is 71.3 Å².